The molecular weight excluding hydrogens is 251 g/mol. The molecule has 0 heterocycles. The molecule has 4 heteroatoms. The molecule has 0 amide bonds. The number of aliphatic hydroxyl groups is 1. The Kier molecular flexibility index (Phi) is 4.23. The number of aliphatic hydroxyl groups excluding tert-OH is 1. The van der Waals surface area contributed by atoms with Crippen LogP contribution in [0.15, 0.2) is 47.4 Å². The zero-order valence-electron chi connectivity index (χ0n) is 9.89. The fourth-order valence-corrected chi connectivity index (χ4v) is 2.13. The molecule has 0 fully saturated rings. The smallest absolute Gasteiger partial charge is 0.140 e. The first kappa shape index (κ1) is 12.9. The lowest BCUT2D eigenvalue weighted by Gasteiger charge is -2.10. The van der Waals surface area contributed by atoms with Gasteiger partial charge in [0.25, 0.3) is 0 Å². The highest BCUT2D eigenvalue weighted by Crippen LogP contribution is 2.31. The highest BCUT2D eigenvalue weighted by atomic mass is 32.2. The minimum absolute atomic E-state index is 0.210. The Morgan fingerprint density at radius 3 is 2.72 bits per heavy atom. The van der Waals surface area contributed by atoms with Crippen molar-refractivity contribution in [3.8, 4) is 11.5 Å². The van der Waals surface area contributed by atoms with Crippen LogP contribution in [0.3, 0.4) is 0 Å². The number of halogens is 1. The van der Waals surface area contributed by atoms with E-state index in [1.807, 2.05) is 30.5 Å². The van der Waals surface area contributed by atoms with Crippen molar-refractivity contribution in [3.63, 3.8) is 0 Å². The number of ether oxygens (including phenoxy) is 1. The van der Waals surface area contributed by atoms with E-state index in [-0.39, 0.29) is 6.61 Å². The van der Waals surface area contributed by atoms with E-state index in [0.29, 0.717) is 17.1 Å². The summed E-state index contributed by atoms with van der Waals surface area (Å²) in [5.41, 5.74) is 0.492. The van der Waals surface area contributed by atoms with E-state index in [9.17, 15) is 4.39 Å². The molecular formula is C14H13FO2S. The van der Waals surface area contributed by atoms with E-state index in [4.69, 9.17) is 9.84 Å². The van der Waals surface area contributed by atoms with Crippen molar-refractivity contribution >= 4 is 11.8 Å². The normalized spacial score (nSPS) is 10.4. The Morgan fingerprint density at radius 2 is 2.00 bits per heavy atom. The van der Waals surface area contributed by atoms with Crippen LogP contribution in [0.25, 0.3) is 0 Å². The van der Waals surface area contributed by atoms with Gasteiger partial charge in [0, 0.05) is 11.0 Å². The van der Waals surface area contributed by atoms with Gasteiger partial charge in [-0.05, 0) is 36.1 Å². The first-order valence-electron chi connectivity index (χ1n) is 5.44. The molecule has 2 nitrogen and oxygen atoms in total. The molecule has 0 saturated carbocycles. The van der Waals surface area contributed by atoms with Gasteiger partial charge in [0.1, 0.15) is 17.3 Å². The fourth-order valence-electron chi connectivity index (χ4n) is 1.60. The highest BCUT2D eigenvalue weighted by Gasteiger charge is 2.06. The van der Waals surface area contributed by atoms with Crippen molar-refractivity contribution in [2.75, 3.05) is 6.26 Å². The van der Waals surface area contributed by atoms with Crippen LogP contribution in [0.4, 0.5) is 4.39 Å². The predicted octanol–water partition coefficient (Wildman–Crippen LogP) is 3.83. The number of thioether (sulfide) groups is 1. The van der Waals surface area contributed by atoms with Crippen molar-refractivity contribution < 1.29 is 14.2 Å². The van der Waals surface area contributed by atoms with Crippen LogP contribution in [0.2, 0.25) is 0 Å². The zero-order valence-corrected chi connectivity index (χ0v) is 10.7. The third kappa shape index (κ3) is 3.03. The summed E-state index contributed by atoms with van der Waals surface area (Å²) in [5.74, 6) is 0.651. The summed E-state index contributed by atoms with van der Waals surface area (Å²) in [6, 6.07) is 11.8. The van der Waals surface area contributed by atoms with E-state index >= 15 is 0 Å². The van der Waals surface area contributed by atoms with Crippen LogP contribution in [-0.2, 0) is 6.61 Å². The summed E-state index contributed by atoms with van der Waals surface area (Å²) >= 11 is 1.56. The molecule has 18 heavy (non-hydrogen) atoms. The molecule has 0 atom stereocenters. The van der Waals surface area contributed by atoms with Crippen molar-refractivity contribution in [1.29, 1.82) is 0 Å². The summed E-state index contributed by atoms with van der Waals surface area (Å²) < 4.78 is 19.0. The lowest BCUT2D eigenvalue weighted by Crippen LogP contribution is -1.91. The SMILES string of the molecule is CSc1ccccc1Oc1cc(F)cc(CO)c1. The topological polar surface area (TPSA) is 29.5 Å². The Bertz CT molecular complexity index is 543. The summed E-state index contributed by atoms with van der Waals surface area (Å²) in [5, 5.41) is 9.03. The van der Waals surface area contributed by atoms with E-state index in [1.165, 1.54) is 12.1 Å². The Hall–Kier alpha value is -1.52. The second-order valence-electron chi connectivity index (χ2n) is 3.71. The quantitative estimate of drug-likeness (QED) is 0.851. The first-order valence-corrected chi connectivity index (χ1v) is 6.66. The molecule has 0 aliphatic heterocycles. The maximum atomic E-state index is 13.3. The van der Waals surface area contributed by atoms with Crippen molar-refractivity contribution in [1.82, 2.24) is 0 Å². The predicted molar refractivity (Wildman–Crippen MR) is 70.6 cm³/mol. The molecule has 0 saturated heterocycles. The number of para-hydroxylation sites is 1. The van der Waals surface area contributed by atoms with Gasteiger partial charge in [0.2, 0.25) is 0 Å². The molecule has 0 aliphatic rings. The van der Waals surface area contributed by atoms with Gasteiger partial charge >= 0.3 is 0 Å². The molecule has 0 bridgehead atoms. The molecule has 1 N–H and O–H groups in total. The molecule has 94 valence electrons. The molecule has 0 unspecified atom stereocenters. The van der Waals surface area contributed by atoms with Crippen molar-refractivity contribution in [2.45, 2.75) is 11.5 Å². The summed E-state index contributed by atoms with van der Waals surface area (Å²) in [6.45, 7) is -0.210. The van der Waals surface area contributed by atoms with E-state index < -0.39 is 5.82 Å². The Balaban J connectivity index is 2.30. The number of rotatable bonds is 4. The fraction of sp³-hybridized carbons (Fsp3) is 0.143. The number of hydrogen-bond acceptors (Lipinski definition) is 3. The first-order chi connectivity index (χ1) is 8.72. The van der Waals surface area contributed by atoms with E-state index in [0.717, 1.165) is 4.90 Å². The molecule has 2 aromatic carbocycles. The lowest BCUT2D eigenvalue weighted by atomic mass is 10.2. The summed E-state index contributed by atoms with van der Waals surface area (Å²) in [6.07, 6.45) is 1.95. The van der Waals surface area contributed by atoms with Gasteiger partial charge in [-0.2, -0.15) is 0 Å². The van der Waals surface area contributed by atoms with Crippen LogP contribution in [-0.4, -0.2) is 11.4 Å². The molecule has 2 aromatic rings. The zero-order chi connectivity index (χ0) is 13.0. The standard InChI is InChI=1S/C14H13FO2S/c1-18-14-5-3-2-4-13(14)17-12-7-10(9-16)6-11(15)8-12/h2-8,16H,9H2,1H3. The van der Waals surface area contributed by atoms with Gasteiger partial charge in [0.05, 0.1) is 6.61 Å². The minimum Gasteiger partial charge on any atom is -0.456 e. The van der Waals surface area contributed by atoms with Crippen molar-refractivity contribution in [2.24, 2.45) is 0 Å². The third-order valence-corrected chi connectivity index (χ3v) is 3.19. The van der Waals surface area contributed by atoms with Gasteiger partial charge in [0.15, 0.2) is 0 Å². The molecule has 0 spiro atoms. The maximum absolute atomic E-state index is 13.3. The maximum Gasteiger partial charge on any atom is 0.140 e. The minimum atomic E-state index is -0.418. The summed E-state index contributed by atoms with van der Waals surface area (Å²) in [7, 11) is 0. The second-order valence-corrected chi connectivity index (χ2v) is 4.55. The summed E-state index contributed by atoms with van der Waals surface area (Å²) in [4.78, 5) is 0.979. The second kappa shape index (κ2) is 5.89. The average molecular weight is 264 g/mol. The van der Waals surface area contributed by atoms with Gasteiger partial charge < -0.3 is 9.84 Å². The highest BCUT2D eigenvalue weighted by molar-refractivity contribution is 7.98. The number of benzene rings is 2. The van der Waals surface area contributed by atoms with Gasteiger partial charge in [-0.15, -0.1) is 11.8 Å². The molecule has 0 aromatic heterocycles. The third-order valence-electron chi connectivity index (χ3n) is 2.41. The van der Waals surface area contributed by atoms with Gasteiger partial charge in [-0.1, -0.05) is 12.1 Å². The van der Waals surface area contributed by atoms with E-state index in [2.05, 4.69) is 0 Å². The molecule has 2 rings (SSSR count). The number of hydrogen-bond donors (Lipinski definition) is 1. The van der Waals surface area contributed by atoms with Crippen LogP contribution in [0.5, 0.6) is 11.5 Å². The average Bonchev–Trinajstić information content (AvgIpc) is 2.38. The van der Waals surface area contributed by atoms with Crippen LogP contribution in [0, 0.1) is 5.82 Å². The molecule has 0 aliphatic carbocycles. The molecule has 0 radical (unpaired) electrons. The lowest BCUT2D eigenvalue weighted by molar-refractivity contribution is 0.280. The monoisotopic (exact) mass is 264 g/mol. The van der Waals surface area contributed by atoms with Crippen molar-refractivity contribution in [3.05, 3.63) is 53.8 Å². The van der Waals surface area contributed by atoms with Gasteiger partial charge in [-0.3, -0.25) is 0 Å². The van der Waals surface area contributed by atoms with Crippen LogP contribution >= 0.6 is 11.8 Å². The van der Waals surface area contributed by atoms with Crippen LogP contribution < -0.4 is 4.74 Å². The van der Waals surface area contributed by atoms with E-state index in [1.54, 1.807) is 17.8 Å². The Labute approximate surface area is 109 Å². The van der Waals surface area contributed by atoms with Gasteiger partial charge in [-0.25, -0.2) is 4.39 Å². The Morgan fingerprint density at radius 1 is 1.22 bits per heavy atom. The van der Waals surface area contributed by atoms with Crippen LogP contribution in [0.1, 0.15) is 5.56 Å². The largest absolute Gasteiger partial charge is 0.456 e.